The van der Waals surface area contributed by atoms with Gasteiger partial charge in [0, 0.05) is 99.0 Å². The fourth-order valence-electron chi connectivity index (χ4n) is 4.56. The van der Waals surface area contributed by atoms with E-state index in [1.807, 2.05) is 40.5 Å². The van der Waals surface area contributed by atoms with Crippen molar-refractivity contribution in [2.75, 3.05) is 23.0 Å². The average molecular weight is 958 g/mol. The minimum atomic E-state index is -0.463. The molecule has 5 aromatic rings. The zero-order valence-electron chi connectivity index (χ0n) is 22.9. The van der Waals surface area contributed by atoms with Gasteiger partial charge in [-0.3, -0.25) is 8.77 Å². The van der Waals surface area contributed by atoms with Crippen LogP contribution in [-0.2, 0) is 6.42 Å². The number of hydrogen-bond acceptors (Lipinski definition) is 6. The van der Waals surface area contributed by atoms with E-state index >= 15 is 4.39 Å². The first-order chi connectivity index (χ1) is 21.4. The predicted octanol–water partition coefficient (Wildman–Crippen LogP) is 11.3. The lowest BCUT2D eigenvalue weighted by molar-refractivity contribution is 0.0989. The highest BCUT2D eigenvalue weighted by Gasteiger charge is 2.20. The number of ketones is 1. The van der Waals surface area contributed by atoms with Crippen LogP contribution in [0.2, 0.25) is 0 Å². The van der Waals surface area contributed by atoms with Crippen LogP contribution in [0.25, 0.3) is 22.2 Å². The van der Waals surface area contributed by atoms with Gasteiger partial charge in [0.15, 0.2) is 17.3 Å². The monoisotopic (exact) mass is 957 g/mol. The number of aryl methyl sites for hydroxylation is 1. The molecule has 5 nitrogen and oxygen atoms in total. The predicted molar refractivity (Wildman–Crippen MR) is 206 cm³/mol. The maximum atomic E-state index is 15.7. The number of nitrogens with zero attached hydrogens (tertiary/aromatic N) is 3. The van der Waals surface area contributed by atoms with E-state index in [1.165, 1.54) is 27.3 Å². The standard InChI is InChI=1S/C30H25BrF2I2N3O2PS3/c31-20-3-1-2-19(16-20)29(39)9-13-43-15-14-42-12-8-23-22-6-10-37(44-35)28(22)18-26(33)30(23)40-21-4-5-25(32)24(17-21)27-7-11-38(36-27)41-34/h1-7,10-11,16-18,41H,8-9,12-15H2. The number of fused-ring (bicyclic) bond motifs is 1. The molecule has 14 heteroatoms. The van der Waals surface area contributed by atoms with Gasteiger partial charge in [0.25, 0.3) is 0 Å². The van der Waals surface area contributed by atoms with Gasteiger partial charge in [-0.05, 0) is 76.7 Å². The van der Waals surface area contributed by atoms with Gasteiger partial charge in [-0.25, -0.2) is 13.2 Å². The summed E-state index contributed by atoms with van der Waals surface area (Å²) in [6, 6.07) is 17.1. The van der Waals surface area contributed by atoms with E-state index in [4.69, 9.17) is 4.74 Å². The van der Waals surface area contributed by atoms with Gasteiger partial charge in [-0.15, -0.1) is 0 Å². The molecule has 44 heavy (non-hydrogen) atoms. The van der Waals surface area contributed by atoms with E-state index in [2.05, 4.69) is 64.3 Å². The van der Waals surface area contributed by atoms with E-state index in [9.17, 15) is 9.18 Å². The molecule has 0 saturated carbocycles. The summed E-state index contributed by atoms with van der Waals surface area (Å²) in [4.78, 5) is 12.4. The molecule has 0 N–H and O–H groups in total. The SMILES string of the molecule is O=C(CCSCCSCCc1c(Oc2ccc(F)c(-c3ccn(PI)n3)c2)c(F)cc2c1ccn2SI)c1cccc(Br)c1. The normalized spacial score (nSPS) is 11.7. The Balaban J connectivity index is 1.24. The van der Waals surface area contributed by atoms with Crippen LogP contribution in [0.5, 0.6) is 11.5 Å². The van der Waals surface area contributed by atoms with Crippen LogP contribution in [0.3, 0.4) is 0 Å². The zero-order chi connectivity index (χ0) is 31.1. The van der Waals surface area contributed by atoms with Gasteiger partial charge in [0.05, 0.1) is 17.6 Å². The summed E-state index contributed by atoms with van der Waals surface area (Å²) in [6.45, 7) is 0. The highest BCUT2D eigenvalue weighted by atomic mass is 127. The van der Waals surface area contributed by atoms with E-state index < -0.39 is 11.6 Å². The van der Waals surface area contributed by atoms with Crippen molar-refractivity contribution in [1.82, 2.24) is 13.5 Å². The highest BCUT2D eigenvalue weighted by Crippen LogP contribution is 2.39. The van der Waals surface area contributed by atoms with Crippen molar-refractivity contribution in [2.24, 2.45) is 0 Å². The molecule has 0 amide bonds. The number of carbonyl (C=O) groups is 1. The summed E-state index contributed by atoms with van der Waals surface area (Å²) in [5.74, 6) is 3.16. The molecule has 0 radical (unpaired) electrons. The molecule has 2 heterocycles. The van der Waals surface area contributed by atoms with E-state index in [0.717, 1.165) is 49.5 Å². The molecule has 0 bridgehead atoms. The minimum Gasteiger partial charge on any atom is -0.454 e. The third kappa shape index (κ3) is 8.74. The third-order valence-electron chi connectivity index (χ3n) is 6.64. The maximum Gasteiger partial charge on any atom is 0.168 e. The summed E-state index contributed by atoms with van der Waals surface area (Å²) >= 11 is 11.4. The van der Waals surface area contributed by atoms with Crippen LogP contribution < -0.4 is 4.74 Å². The van der Waals surface area contributed by atoms with Crippen LogP contribution in [0.1, 0.15) is 22.3 Å². The number of rotatable bonds is 15. The molecule has 0 aliphatic heterocycles. The summed E-state index contributed by atoms with van der Waals surface area (Å²) in [7, 11) is 1.47. The van der Waals surface area contributed by atoms with Crippen LogP contribution in [0, 0.1) is 11.6 Å². The second kappa shape index (κ2) is 16.8. The number of benzene rings is 3. The molecule has 1 unspecified atom stereocenters. The molecule has 2 aromatic heterocycles. The number of hydrogen-bond donors (Lipinski definition) is 0. The summed E-state index contributed by atoms with van der Waals surface area (Å²) in [5.41, 5.74) is 3.09. The Morgan fingerprint density at radius 1 is 0.977 bits per heavy atom. The number of aromatic nitrogens is 3. The van der Waals surface area contributed by atoms with Gasteiger partial charge < -0.3 is 4.74 Å². The number of Topliss-reactive ketones (excluding diaryl/α,β-unsaturated/α-hetero) is 1. The molecule has 0 spiro atoms. The molecular formula is C30H25BrF2I2N3O2PS3. The molecule has 5 rings (SSSR count). The lowest BCUT2D eigenvalue weighted by Gasteiger charge is -2.15. The molecule has 230 valence electrons. The Kier molecular flexibility index (Phi) is 13.2. The molecule has 0 saturated heterocycles. The lowest BCUT2D eigenvalue weighted by Crippen LogP contribution is -2.02. The maximum absolute atomic E-state index is 15.7. The Bertz CT molecular complexity index is 1780. The van der Waals surface area contributed by atoms with Crippen LogP contribution >= 0.6 is 98.2 Å². The highest BCUT2D eigenvalue weighted by molar-refractivity contribution is 14.2. The Morgan fingerprint density at radius 2 is 1.80 bits per heavy atom. The Hall–Kier alpha value is -0.840. The lowest BCUT2D eigenvalue weighted by atomic mass is 10.1. The van der Waals surface area contributed by atoms with E-state index in [1.54, 1.807) is 46.3 Å². The molecule has 1 atom stereocenters. The first kappa shape index (κ1) is 34.5. The second-order valence-electron chi connectivity index (χ2n) is 9.44. The second-order valence-corrected chi connectivity index (χ2v) is 16.6. The van der Waals surface area contributed by atoms with E-state index in [-0.39, 0.29) is 11.5 Å². The topological polar surface area (TPSA) is 49.1 Å². The van der Waals surface area contributed by atoms with Gasteiger partial charge in [-0.2, -0.15) is 28.6 Å². The fourth-order valence-corrected chi connectivity index (χ4v) is 9.43. The van der Waals surface area contributed by atoms with Gasteiger partial charge in [-0.1, -0.05) is 28.1 Å². The molecule has 3 aromatic carbocycles. The fraction of sp³-hybridized carbons (Fsp3) is 0.200. The largest absolute Gasteiger partial charge is 0.454 e. The number of carbonyl (C=O) groups excluding carboxylic acids is 1. The summed E-state index contributed by atoms with van der Waals surface area (Å²) in [6.07, 6.45) is 5.23. The van der Waals surface area contributed by atoms with Crippen LogP contribution in [0.4, 0.5) is 8.78 Å². The number of ether oxygens (including phenoxy) is 1. The van der Waals surface area contributed by atoms with Crippen molar-refractivity contribution in [3.05, 3.63) is 100 Å². The Labute approximate surface area is 302 Å². The molecule has 0 fully saturated rings. The zero-order valence-corrected chi connectivity index (χ0v) is 32.3. The van der Waals surface area contributed by atoms with Crippen LogP contribution in [-0.4, -0.2) is 42.3 Å². The summed E-state index contributed by atoms with van der Waals surface area (Å²) < 4.78 is 41.2. The number of thioether (sulfide) groups is 2. The molecular weight excluding hydrogens is 933 g/mol. The smallest absolute Gasteiger partial charge is 0.168 e. The molecule has 0 aliphatic rings. The average Bonchev–Trinajstić information content (AvgIpc) is 3.67. The first-order valence-electron chi connectivity index (χ1n) is 13.3. The van der Waals surface area contributed by atoms with Crippen molar-refractivity contribution < 1.29 is 18.3 Å². The van der Waals surface area contributed by atoms with Gasteiger partial charge in [0.1, 0.15) is 11.6 Å². The van der Waals surface area contributed by atoms with Crippen molar-refractivity contribution in [1.29, 1.82) is 0 Å². The third-order valence-corrected chi connectivity index (χ3v) is 13.0. The van der Waals surface area contributed by atoms with Crippen molar-refractivity contribution in [3.63, 3.8) is 0 Å². The van der Waals surface area contributed by atoms with E-state index in [0.29, 0.717) is 36.2 Å². The van der Waals surface area contributed by atoms with Crippen molar-refractivity contribution in [2.45, 2.75) is 12.8 Å². The quantitative estimate of drug-likeness (QED) is 0.0451. The first-order valence-corrected chi connectivity index (χ1v) is 23.8. The van der Waals surface area contributed by atoms with Gasteiger partial charge >= 0.3 is 0 Å². The summed E-state index contributed by atoms with van der Waals surface area (Å²) in [5, 5.41) is 5.35. The minimum absolute atomic E-state index is 0.148. The van der Waals surface area contributed by atoms with Crippen LogP contribution in [0.15, 0.2) is 77.5 Å². The van der Waals surface area contributed by atoms with Crippen molar-refractivity contribution in [3.8, 4) is 22.8 Å². The molecule has 0 aliphatic carbocycles. The van der Waals surface area contributed by atoms with Crippen molar-refractivity contribution >= 4 is 115 Å². The Morgan fingerprint density at radius 3 is 2.55 bits per heavy atom. The van der Waals surface area contributed by atoms with Gasteiger partial charge in [0.2, 0.25) is 0 Å². The number of halogens is 5.